The van der Waals surface area contributed by atoms with Crippen molar-refractivity contribution >= 4 is 5.91 Å². The normalized spacial score (nSPS) is 13.3. The number of amides is 1. The lowest BCUT2D eigenvalue weighted by atomic mass is 10.0. The van der Waals surface area contributed by atoms with Gasteiger partial charge in [-0.25, -0.2) is 0 Å². The molecule has 1 aliphatic rings. The van der Waals surface area contributed by atoms with Gasteiger partial charge >= 0.3 is 6.36 Å². The summed E-state index contributed by atoms with van der Waals surface area (Å²) in [6.45, 7) is 4.54. The maximum Gasteiger partial charge on any atom is 0.573 e. The fraction of sp³-hybridized carbons (Fsp3) is 0.300. The van der Waals surface area contributed by atoms with Crippen LogP contribution in [0.25, 0.3) is 11.1 Å². The Morgan fingerprint density at radius 3 is 2.39 bits per heavy atom. The maximum absolute atomic E-state index is 12.6. The molecule has 28 heavy (non-hydrogen) atoms. The number of hydrogen-bond acceptors (Lipinski definition) is 4. The Morgan fingerprint density at radius 2 is 1.79 bits per heavy atom. The molecule has 2 aromatic carbocycles. The van der Waals surface area contributed by atoms with Crippen molar-refractivity contribution in [2.45, 2.75) is 20.2 Å². The second-order valence-electron chi connectivity index (χ2n) is 5.52. The molecule has 1 amide bonds. The Morgan fingerprint density at radius 1 is 1.14 bits per heavy atom. The summed E-state index contributed by atoms with van der Waals surface area (Å²) in [5, 5.41) is 8.84. The number of ether oxygens (including phenoxy) is 2. The first-order valence-corrected chi connectivity index (χ1v) is 8.66. The van der Waals surface area contributed by atoms with E-state index < -0.39 is 6.36 Å². The molecule has 5 nitrogen and oxygen atoms in total. The van der Waals surface area contributed by atoms with Crippen LogP contribution in [0.3, 0.4) is 0 Å². The van der Waals surface area contributed by atoms with Crippen LogP contribution in [-0.2, 0) is 0 Å². The van der Waals surface area contributed by atoms with Gasteiger partial charge in [0.1, 0.15) is 24.7 Å². The van der Waals surface area contributed by atoms with Crippen LogP contribution in [0.4, 0.5) is 13.2 Å². The van der Waals surface area contributed by atoms with Crippen molar-refractivity contribution in [3.63, 3.8) is 0 Å². The lowest BCUT2D eigenvalue weighted by molar-refractivity contribution is -0.274. The lowest BCUT2D eigenvalue weighted by Crippen LogP contribution is -2.32. The van der Waals surface area contributed by atoms with E-state index in [9.17, 15) is 18.0 Å². The number of fused-ring (bicyclic) bond motifs is 1. The molecule has 0 fully saturated rings. The molecule has 0 spiro atoms. The molecule has 1 aliphatic heterocycles. The minimum absolute atomic E-state index is 0.0463. The van der Waals surface area contributed by atoms with Gasteiger partial charge < -0.3 is 14.4 Å². The van der Waals surface area contributed by atoms with Crippen LogP contribution in [0.15, 0.2) is 42.5 Å². The quantitative estimate of drug-likeness (QED) is 0.714. The molecule has 3 rings (SSSR count). The summed E-state index contributed by atoms with van der Waals surface area (Å²) < 4.78 is 46.1. The minimum Gasteiger partial charge on any atom is -0.491 e. The average Bonchev–Trinajstić information content (AvgIpc) is 2.82. The number of hydrogen-bond donors (Lipinski definition) is 0. The van der Waals surface area contributed by atoms with E-state index >= 15 is 0 Å². The number of rotatable bonds is 3. The van der Waals surface area contributed by atoms with Gasteiger partial charge in [-0.15, -0.1) is 13.2 Å². The molecular weight excluding hydrogens is 373 g/mol. The molecule has 0 saturated carbocycles. The van der Waals surface area contributed by atoms with E-state index in [2.05, 4.69) is 4.74 Å². The molecule has 148 valence electrons. The van der Waals surface area contributed by atoms with Crippen molar-refractivity contribution < 1.29 is 27.4 Å². The van der Waals surface area contributed by atoms with Crippen molar-refractivity contribution in [2.24, 2.45) is 0 Å². The summed E-state index contributed by atoms with van der Waals surface area (Å²) in [6.07, 6.45) is -4.75. The molecule has 0 unspecified atom stereocenters. The molecule has 0 bridgehead atoms. The van der Waals surface area contributed by atoms with Crippen LogP contribution in [-0.4, -0.2) is 36.9 Å². The van der Waals surface area contributed by atoms with Gasteiger partial charge in [0.2, 0.25) is 0 Å². The van der Waals surface area contributed by atoms with E-state index in [1.807, 2.05) is 19.9 Å². The third-order valence-corrected chi connectivity index (χ3v) is 3.80. The summed E-state index contributed by atoms with van der Waals surface area (Å²) in [5.74, 6) is -0.232. The van der Waals surface area contributed by atoms with Crippen LogP contribution in [0, 0.1) is 11.3 Å². The Hall–Kier alpha value is -3.21. The third-order valence-electron chi connectivity index (χ3n) is 3.80. The van der Waals surface area contributed by atoms with E-state index in [4.69, 9.17) is 10.00 Å². The zero-order valence-electron chi connectivity index (χ0n) is 15.4. The highest BCUT2D eigenvalue weighted by Gasteiger charge is 2.31. The molecule has 1 heterocycles. The summed E-state index contributed by atoms with van der Waals surface area (Å²) >= 11 is 0. The average molecular weight is 392 g/mol. The highest BCUT2D eigenvalue weighted by atomic mass is 19.4. The molecule has 0 radical (unpaired) electrons. The first-order valence-electron chi connectivity index (χ1n) is 8.66. The monoisotopic (exact) mass is 392 g/mol. The van der Waals surface area contributed by atoms with E-state index in [-0.39, 0.29) is 24.8 Å². The van der Waals surface area contributed by atoms with Gasteiger partial charge in [0.05, 0.1) is 18.2 Å². The zero-order chi connectivity index (χ0) is 20.7. The Balaban J connectivity index is 0.00000136. The van der Waals surface area contributed by atoms with Crippen LogP contribution in [0.2, 0.25) is 0 Å². The van der Waals surface area contributed by atoms with Gasteiger partial charge in [-0.1, -0.05) is 32.0 Å². The number of benzene rings is 2. The zero-order valence-corrected chi connectivity index (χ0v) is 15.4. The van der Waals surface area contributed by atoms with Gasteiger partial charge in [0.15, 0.2) is 0 Å². The predicted molar refractivity (Wildman–Crippen MR) is 96.9 cm³/mol. The van der Waals surface area contributed by atoms with E-state index in [0.717, 1.165) is 0 Å². The second-order valence-corrected chi connectivity index (χ2v) is 5.52. The van der Waals surface area contributed by atoms with E-state index in [1.165, 1.54) is 29.2 Å². The number of alkyl halides is 3. The highest BCUT2D eigenvalue weighted by molar-refractivity contribution is 5.98. The fourth-order valence-corrected chi connectivity index (χ4v) is 2.63. The minimum atomic E-state index is -4.75. The molecule has 0 aliphatic carbocycles. The van der Waals surface area contributed by atoms with Gasteiger partial charge in [-0.3, -0.25) is 4.79 Å². The number of nitrogens with zero attached hydrogens (tertiary/aromatic N) is 2. The number of carbonyl (C=O) groups excluding carboxylic acids is 1. The molecule has 8 heteroatoms. The summed E-state index contributed by atoms with van der Waals surface area (Å²) in [7, 11) is 0. The highest BCUT2D eigenvalue weighted by Crippen LogP contribution is 2.31. The topological polar surface area (TPSA) is 62.6 Å². The number of nitriles is 1. The summed E-state index contributed by atoms with van der Waals surface area (Å²) in [6, 6.07) is 12.2. The molecule has 2 aromatic rings. The van der Waals surface area contributed by atoms with Crippen LogP contribution in [0.5, 0.6) is 11.5 Å². The Labute approximate surface area is 160 Å². The van der Waals surface area contributed by atoms with Crippen LogP contribution in [0.1, 0.15) is 24.2 Å². The molecule has 0 saturated heterocycles. The SMILES string of the molecule is CC.N#CCN1CCOc2ccc(-c3ccc(OC(F)(F)F)cc3)cc2C1=O. The summed E-state index contributed by atoms with van der Waals surface area (Å²) in [4.78, 5) is 14.0. The van der Waals surface area contributed by atoms with Gasteiger partial charge in [-0.05, 0) is 35.4 Å². The van der Waals surface area contributed by atoms with Crippen molar-refractivity contribution in [1.29, 1.82) is 5.26 Å². The standard InChI is InChI=1S/C18H13F3N2O3.C2H6/c19-18(20,21)26-14-4-1-12(2-5-14)13-3-6-16-15(11-13)17(24)23(8-7-22)9-10-25-16;1-2/h1-6,11H,8-10H2;1-2H3. The fourth-order valence-electron chi connectivity index (χ4n) is 2.63. The Kier molecular flexibility index (Phi) is 6.88. The molecule has 0 atom stereocenters. The Bertz CT molecular complexity index is 858. The van der Waals surface area contributed by atoms with Crippen molar-refractivity contribution in [1.82, 2.24) is 4.90 Å². The summed E-state index contributed by atoms with van der Waals surface area (Å²) in [5.41, 5.74) is 1.56. The third kappa shape index (κ3) is 5.16. The van der Waals surface area contributed by atoms with Crippen molar-refractivity contribution in [2.75, 3.05) is 19.7 Å². The maximum atomic E-state index is 12.6. The van der Waals surface area contributed by atoms with Crippen LogP contribution >= 0.6 is 0 Å². The van der Waals surface area contributed by atoms with Gasteiger partial charge in [-0.2, -0.15) is 5.26 Å². The lowest BCUT2D eigenvalue weighted by Gasteiger charge is -2.16. The first-order chi connectivity index (χ1) is 13.4. The van der Waals surface area contributed by atoms with E-state index in [0.29, 0.717) is 29.0 Å². The molecule has 0 aromatic heterocycles. The number of carbonyl (C=O) groups is 1. The van der Waals surface area contributed by atoms with Gasteiger partial charge in [0.25, 0.3) is 5.91 Å². The molecular formula is C20H19F3N2O3. The smallest absolute Gasteiger partial charge is 0.491 e. The van der Waals surface area contributed by atoms with E-state index in [1.54, 1.807) is 18.2 Å². The molecule has 0 N–H and O–H groups in total. The first kappa shape index (κ1) is 21.1. The second kappa shape index (κ2) is 9.13. The van der Waals surface area contributed by atoms with Crippen LogP contribution < -0.4 is 9.47 Å². The predicted octanol–water partition coefficient (Wildman–Crippen LogP) is 4.64. The largest absolute Gasteiger partial charge is 0.573 e. The van der Waals surface area contributed by atoms with Crippen molar-refractivity contribution in [3.05, 3.63) is 48.0 Å². The van der Waals surface area contributed by atoms with Gasteiger partial charge in [0, 0.05) is 0 Å². The number of halogens is 3. The van der Waals surface area contributed by atoms with Crippen molar-refractivity contribution in [3.8, 4) is 28.7 Å².